The highest BCUT2D eigenvalue weighted by molar-refractivity contribution is 4.69. The molecule has 3 atom stereocenters. The number of ether oxygens (including phenoxy) is 4. The van der Waals surface area contributed by atoms with Gasteiger partial charge in [-0.05, 0) is 67.2 Å². The third-order valence-electron chi connectivity index (χ3n) is 4.03. The van der Waals surface area contributed by atoms with Crippen molar-refractivity contribution in [1.29, 1.82) is 0 Å². The maximum Gasteiger partial charge on any atom is 0.283 e. The van der Waals surface area contributed by atoms with Crippen LogP contribution >= 0.6 is 0 Å². The summed E-state index contributed by atoms with van der Waals surface area (Å²) in [5, 5.41) is 0. The van der Waals surface area contributed by atoms with Crippen molar-refractivity contribution in [3.8, 4) is 0 Å². The molecule has 0 fully saturated rings. The molecule has 0 saturated heterocycles. The molecule has 0 rings (SSSR count). The molecule has 0 aromatic carbocycles. The summed E-state index contributed by atoms with van der Waals surface area (Å²) in [6.07, 6.45) is 5.45. The molecule has 0 aliphatic carbocycles. The Morgan fingerprint density at radius 2 is 1.52 bits per heavy atom. The largest absolute Gasteiger partial charge is 0.350 e. The Morgan fingerprint density at radius 3 is 2.03 bits per heavy atom. The molecule has 3 unspecified atom stereocenters. The summed E-state index contributed by atoms with van der Waals surface area (Å²) in [5.41, 5.74) is -0.393. The number of rotatable bonds is 18. The second kappa shape index (κ2) is 15.5. The third-order valence-corrected chi connectivity index (χ3v) is 4.03. The maximum absolute atomic E-state index is 6.30. The van der Waals surface area contributed by atoms with Crippen LogP contribution in [0.25, 0.3) is 0 Å². The van der Waals surface area contributed by atoms with Crippen LogP contribution in [0, 0.1) is 0 Å². The topological polar surface area (TPSA) is 55.4 Å². The van der Waals surface area contributed by atoms with Crippen molar-refractivity contribution in [2.45, 2.75) is 137 Å². The Bertz CT molecular complexity index is 382. The van der Waals surface area contributed by atoms with Gasteiger partial charge in [0, 0.05) is 19.4 Å². The minimum atomic E-state index is -1.07. The first-order valence-corrected chi connectivity index (χ1v) is 11.5. The Labute approximate surface area is 179 Å². The van der Waals surface area contributed by atoms with E-state index < -0.39 is 17.9 Å². The van der Waals surface area contributed by atoms with Crippen molar-refractivity contribution < 1.29 is 28.7 Å². The van der Waals surface area contributed by atoms with Gasteiger partial charge in [0.1, 0.15) is 0 Å². The fourth-order valence-corrected chi connectivity index (χ4v) is 2.59. The van der Waals surface area contributed by atoms with Gasteiger partial charge in [-0.15, -0.1) is 0 Å². The SMILES string of the molecule is CCCCOC(CCCC(OCCC)OOC(C)CC)(OC(C)C)OC(C)(C)C. The van der Waals surface area contributed by atoms with Gasteiger partial charge in [-0.2, -0.15) is 0 Å². The second-order valence-electron chi connectivity index (χ2n) is 8.87. The molecule has 0 radical (unpaired) electrons. The lowest BCUT2D eigenvalue weighted by atomic mass is 10.1. The summed E-state index contributed by atoms with van der Waals surface area (Å²) in [6, 6.07) is 0. The van der Waals surface area contributed by atoms with Crippen LogP contribution in [-0.2, 0) is 28.7 Å². The van der Waals surface area contributed by atoms with E-state index in [4.69, 9.17) is 28.7 Å². The van der Waals surface area contributed by atoms with E-state index in [0.29, 0.717) is 26.1 Å². The molecule has 0 aliphatic rings. The van der Waals surface area contributed by atoms with Crippen molar-refractivity contribution >= 4 is 0 Å². The minimum absolute atomic E-state index is 0.0175. The van der Waals surface area contributed by atoms with Gasteiger partial charge >= 0.3 is 0 Å². The first-order chi connectivity index (χ1) is 13.6. The minimum Gasteiger partial charge on any atom is -0.350 e. The molecule has 6 nitrogen and oxygen atoms in total. The van der Waals surface area contributed by atoms with E-state index in [0.717, 1.165) is 32.1 Å². The third kappa shape index (κ3) is 15.2. The second-order valence-corrected chi connectivity index (χ2v) is 8.87. The molecule has 0 spiro atoms. The summed E-state index contributed by atoms with van der Waals surface area (Å²) >= 11 is 0. The first kappa shape index (κ1) is 28.8. The number of unbranched alkanes of at least 4 members (excludes halogenated alkanes) is 1. The molecule has 176 valence electrons. The predicted molar refractivity (Wildman–Crippen MR) is 116 cm³/mol. The molecule has 29 heavy (non-hydrogen) atoms. The Hall–Kier alpha value is -0.240. The van der Waals surface area contributed by atoms with Crippen LogP contribution in [0.2, 0.25) is 0 Å². The number of hydrogen-bond acceptors (Lipinski definition) is 6. The lowest BCUT2D eigenvalue weighted by Crippen LogP contribution is -2.46. The van der Waals surface area contributed by atoms with Crippen LogP contribution in [0.15, 0.2) is 0 Å². The highest BCUT2D eigenvalue weighted by atomic mass is 17.2. The van der Waals surface area contributed by atoms with Crippen molar-refractivity contribution in [3.63, 3.8) is 0 Å². The zero-order valence-corrected chi connectivity index (χ0v) is 20.5. The zero-order chi connectivity index (χ0) is 22.3. The highest BCUT2D eigenvalue weighted by Gasteiger charge is 2.38. The molecule has 0 aromatic heterocycles. The van der Waals surface area contributed by atoms with Gasteiger partial charge in [0.15, 0.2) is 6.29 Å². The van der Waals surface area contributed by atoms with E-state index >= 15 is 0 Å². The summed E-state index contributed by atoms with van der Waals surface area (Å²) in [5.74, 6) is -1.07. The van der Waals surface area contributed by atoms with Gasteiger partial charge in [-0.3, -0.25) is 0 Å². The summed E-state index contributed by atoms with van der Waals surface area (Å²) in [4.78, 5) is 11.0. The van der Waals surface area contributed by atoms with E-state index in [1.165, 1.54) is 0 Å². The van der Waals surface area contributed by atoms with Crippen LogP contribution in [0.5, 0.6) is 0 Å². The fraction of sp³-hybridized carbons (Fsp3) is 1.00. The van der Waals surface area contributed by atoms with Crippen molar-refractivity contribution in [2.75, 3.05) is 13.2 Å². The zero-order valence-electron chi connectivity index (χ0n) is 20.5. The molecule has 0 saturated carbocycles. The monoisotopic (exact) mass is 420 g/mol. The van der Waals surface area contributed by atoms with Gasteiger partial charge in [0.25, 0.3) is 5.97 Å². The van der Waals surface area contributed by atoms with Crippen LogP contribution in [0.3, 0.4) is 0 Å². The van der Waals surface area contributed by atoms with Crippen LogP contribution in [-0.4, -0.2) is 43.3 Å². The lowest BCUT2D eigenvalue weighted by molar-refractivity contribution is -0.420. The van der Waals surface area contributed by atoms with E-state index in [9.17, 15) is 0 Å². The molecular weight excluding hydrogens is 372 g/mol. The Kier molecular flexibility index (Phi) is 15.4. The summed E-state index contributed by atoms with van der Waals surface area (Å²) < 4.78 is 24.5. The van der Waals surface area contributed by atoms with Gasteiger partial charge in [0.05, 0.1) is 24.4 Å². The quantitative estimate of drug-likeness (QED) is 0.111. The molecule has 0 bridgehead atoms. The molecule has 0 aromatic rings. The Morgan fingerprint density at radius 1 is 0.828 bits per heavy atom. The van der Waals surface area contributed by atoms with Crippen molar-refractivity contribution in [1.82, 2.24) is 0 Å². The van der Waals surface area contributed by atoms with Gasteiger partial charge in [-0.25, -0.2) is 9.78 Å². The highest BCUT2D eigenvalue weighted by Crippen LogP contribution is 2.31. The van der Waals surface area contributed by atoms with Crippen molar-refractivity contribution in [3.05, 3.63) is 0 Å². The number of hydrogen-bond donors (Lipinski definition) is 0. The lowest BCUT2D eigenvalue weighted by Gasteiger charge is -2.40. The van der Waals surface area contributed by atoms with Crippen LogP contribution in [0.1, 0.15) is 107 Å². The maximum atomic E-state index is 6.30. The standard InChI is InChI=1S/C23H48O6/c1-10-13-18-25-23(26-19(4)5,29-22(7,8)9)16-14-15-21(24-17-11-2)28-27-20(6)12-3/h19-21H,10-18H2,1-9H3. The molecule has 0 aliphatic heterocycles. The van der Waals surface area contributed by atoms with E-state index in [2.05, 4.69) is 20.8 Å². The van der Waals surface area contributed by atoms with Gasteiger partial charge in [-0.1, -0.05) is 27.2 Å². The van der Waals surface area contributed by atoms with Crippen LogP contribution in [0.4, 0.5) is 0 Å². The van der Waals surface area contributed by atoms with Gasteiger partial charge < -0.3 is 18.9 Å². The molecule has 0 N–H and O–H groups in total. The normalized spacial score (nSPS) is 16.8. The average molecular weight is 421 g/mol. The summed E-state index contributed by atoms with van der Waals surface area (Å²) in [6.45, 7) is 19.6. The average Bonchev–Trinajstić information content (AvgIpc) is 2.61. The van der Waals surface area contributed by atoms with E-state index in [1.54, 1.807) is 0 Å². The summed E-state index contributed by atoms with van der Waals surface area (Å²) in [7, 11) is 0. The predicted octanol–water partition coefficient (Wildman–Crippen LogP) is 6.37. The molecule has 0 heterocycles. The first-order valence-electron chi connectivity index (χ1n) is 11.5. The van der Waals surface area contributed by atoms with Gasteiger partial charge in [0.2, 0.25) is 0 Å². The van der Waals surface area contributed by atoms with E-state index in [-0.39, 0.29) is 12.2 Å². The fourth-order valence-electron chi connectivity index (χ4n) is 2.59. The van der Waals surface area contributed by atoms with Crippen LogP contribution < -0.4 is 0 Å². The molecular formula is C23H48O6. The smallest absolute Gasteiger partial charge is 0.283 e. The Balaban J connectivity index is 5.05. The molecule has 0 amide bonds. The van der Waals surface area contributed by atoms with Crippen molar-refractivity contribution in [2.24, 2.45) is 0 Å². The molecule has 6 heteroatoms. The van der Waals surface area contributed by atoms with E-state index in [1.807, 2.05) is 41.5 Å².